The van der Waals surface area contributed by atoms with Crippen LogP contribution in [0.5, 0.6) is 0 Å². The Kier molecular flexibility index (Phi) is 2.04. The molecule has 3 atom stereocenters. The van der Waals surface area contributed by atoms with Crippen molar-refractivity contribution in [2.45, 2.75) is 38.5 Å². The molecule has 54 valence electrons. The van der Waals surface area contributed by atoms with Crippen LogP contribution in [0.4, 0.5) is 8.78 Å². The molecule has 0 nitrogen and oxygen atoms in total. The number of rotatable bonds is 1. The summed E-state index contributed by atoms with van der Waals surface area (Å²) in [6, 6.07) is 0. The molecular formula is C7H12F2. The SMILES string of the molecule is CC[C@H]1C[C@@H](F)[C@@H](F)C1. The summed E-state index contributed by atoms with van der Waals surface area (Å²) >= 11 is 0. The van der Waals surface area contributed by atoms with Gasteiger partial charge in [0.2, 0.25) is 0 Å². The average Bonchev–Trinajstić information content (AvgIpc) is 2.13. The first-order valence-corrected chi connectivity index (χ1v) is 3.52. The number of hydrogen-bond donors (Lipinski definition) is 0. The van der Waals surface area contributed by atoms with Crippen molar-refractivity contribution in [1.29, 1.82) is 0 Å². The summed E-state index contributed by atoms with van der Waals surface area (Å²) in [6.07, 6.45) is -0.541. The van der Waals surface area contributed by atoms with Gasteiger partial charge in [-0.3, -0.25) is 0 Å². The number of alkyl halides is 2. The van der Waals surface area contributed by atoms with Gasteiger partial charge in [0, 0.05) is 0 Å². The summed E-state index contributed by atoms with van der Waals surface area (Å²) in [7, 11) is 0. The third-order valence-electron chi connectivity index (χ3n) is 2.09. The molecule has 1 fully saturated rings. The Morgan fingerprint density at radius 2 is 1.67 bits per heavy atom. The van der Waals surface area contributed by atoms with E-state index in [9.17, 15) is 8.78 Å². The molecule has 0 heterocycles. The second-order valence-electron chi connectivity index (χ2n) is 2.78. The molecule has 1 saturated carbocycles. The first kappa shape index (κ1) is 6.97. The summed E-state index contributed by atoms with van der Waals surface area (Å²) in [5.74, 6) is 0.301. The van der Waals surface area contributed by atoms with Crippen LogP contribution in [0.2, 0.25) is 0 Å². The Morgan fingerprint density at radius 3 is 1.89 bits per heavy atom. The molecule has 0 bridgehead atoms. The summed E-state index contributed by atoms with van der Waals surface area (Å²) in [5, 5.41) is 0. The summed E-state index contributed by atoms with van der Waals surface area (Å²) < 4.78 is 24.8. The fraction of sp³-hybridized carbons (Fsp3) is 1.00. The van der Waals surface area contributed by atoms with Crippen LogP contribution in [0.1, 0.15) is 26.2 Å². The third kappa shape index (κ3) is 1.41. The molecule has 1 aliphatic carbocycles. The summed E-state index contributed by atoms with van der Waals surface area (Å²) in [5.41, 5.74) is 0. The molecule has 0 spiro atoms. The van der Waals surface area contributed by atoms with E-state index >= 15 is 0 Å². The fourth-order valence-electron chi connectivity index (χ4n) is 1.36. The fourth-order valence-corrected chi connectivity index (χ4v) is 1.36. The highest BCUT2D eigenvalue weighted by atomic mass is 19.2. The molecule has 0 saturated heterocycles. The van der Waals surface area contributed by atoms with Gasteiger partial charge in [-0.2, -0.15) is 0 Å². The lowest BCUT2D eigenvalue weighted by Gasteiger charge is -2.00. The van der Waals surface area contributed by atoms with Gasteiger partial charge in [-0.05, 0) is 18.8 Å². The molecule has 0 unspecified atom stereocenters. The standard InChI is InChI=1S/C7H12F2/c1-2-5-3-6(8)7(9)4-5/h5-7H,2-4H2,1H3/t5-,6+,7-. The summed E-state index contributed by atoms with van der Waals surface area (Å²) in [6.45, 7) is 1.98. The van der Waals surface area contributed by atoms with Crippen LogP contribution in [0.3, 0.4) is 0 Å². The molecule has 1 rings (SSSR count). The maximum atomic E-state index is 12.4. The van der Waals surface area contributed by atoms with E-state index in [0.29, 0.717) is 18.8 Å². The first-order valence-electron chi connectivity index (χ1n) is 3.52. The molecule has 0 radical (unpaired) electrons. The van der Waals surface area contributed by atoms with Gasteiger partial charge in [0.25, 0.3) is 0 Å². The minimum absolute atomic E-state index is 0.301. The van der Waals surface area contributed by atoms with Crippen molar-refractivity contribution in [3.8, 4) is 0 Å². The van der Waals surface area contributed by atoms with E-state index in [0.717, 1.165) is 6.42 Å². The maximum absolute atomic E-state index is 12.4. The molecule has 0 aromatic rings. The van der Waals surface area contributed by atoms with Crippen LogP contribution < -0.4 is 0 Å². The number of hydrogen-bond acceptors (Lipinski definition) is 0. The van der Waals surface area contributed by atoms with Gasteiger partial charge in [0.05, 0.1) is 0 Å². The van der Waals surface area contributed by atoms with Crippen molar-refractivity contribution in [1.82, 2.24) is 0 Å². The van der Waals surface area contributed by atoms with Crippen LogP contribution >= 0.6 is 0 Å². The Labute approximate surface area is 54.3 Å². The minimum Gasteiger partial charge on any atom is -0.244 e. The first-order chi connectivity index (χ1) is 4.24. The van der Waals surface area contributed by atoms with Crippen molar-refractivity contribution >= 4 is 0 Å². The van der Waals surface area contributed by atoms with Gasteiger partial charge in [0.15, 0.2) is 0 Å². The molecule has 1 aliphatic rings. The van der Waals surface area contributed by atoms with Crippen molar-refractivity contribution in [3.63, 3.8) is 0 Å². The van der Waals surface area contributed by atoms with Gasteiger partial charge >= 0.3 is 0 Å². The van der Waals surface area contributed by atoms with Crippen LogP contribution in [0.25, 0.3) is 0 Å². The zero-order chi connectivity index (χ0) is 6.85. The second kappa shape index (κ2) is 2.63. The van der Waals surface area contributed by atoms with E-state index in [-0.39, 0.29) is 0 Å². The van der Waals surface area contributed by atoms with Crippen molar-refractivity contribution in [2.75, 3.05) is 0 Å². The molecule has 0 amide bonds. The van der Waals surface area contributed by atoms with E-state index in [2.05, 4.69) is 0 Å². The van der Waals surface area contributed by atoms with E-state index in [1.807, 2.05) is 6.92 Å². The molecule has 0 aromatic heterocycles. The molecule has 0 aliphatic heterocycles. The van der Waals surface area contributed by atoms with Crippen LogP contribution in [-0.4, -0.2) is 12.3 Å². The highest BCUT2D eigenvalue weighted by molar-refractivity contribution is 4.82. The topological polar surface area (TPSA) is 0 Å². The lowest BCUT2D eigenvalue weighted by Crippen LogP contribution is -2.06. The third-order valence-corrected chi connectivity index (χ3v) is 2.09. The average molecular weight is 134 g/mol. The highest BCUT2D eigenvalue weighted by Crippen LogP contribution is 2.32. The van der Waals surface area contributed by atoms with Crippen molar-refractivity contribution < 1.29 is 8.78 Å². The van der Waals surface area contributed by atoms with Crippen LogP contribution in [0.15, 0.2) is 0 Å². The van der Waals surface area contributed by atoms with E-state index in [1.54, 1.807) is 0 Å². The van der Waals surface area contributed by atoms with E-state index < -0.39 is 12.3 Å². The van der Waals surface area contributed by atoms with Gasteiger partial charge in [0.1, 0.15) is 12.3 Å². The Balaban J connectivity index is 2.35. The zero-order valence-electron chi connectivity index (χ0n) is 5.61. The lowest BCUT2D eigenvalue weighted by atomic mass is 10.1. The molecule has 0 aromatic carbocycles. The lowest BCUT2D eigenvalue weighted by molar-refractivity contribution is 0.199. The zero-order valence-corrected chi connectivity index (χ0v) is 5.61. The van der Waals surface area contributed by atoms with Gasteiger partial charge < -0.3 is 0 Å². The summed E-state index contributed by atoms with van der Waals surface area (Å²) in [4.78, 5) is 0. The van der Waals surface area contributed by atoms with E-state index in [1.165, 1.54) is 0 Å². The van der Waals surface area contributed by atoms with Gasteiger partial charge in [-0.25, -0.2) is 8.78 Å². The molecular weight excluding hydrogens is 122 g/mol. The monoisotopic (exact) mass is 134 g/mol. The van der Waals surface area contributed by atoms with Gasteiger partial charge in [-0.15, -0.1) is 0 Å². The molecule has 2 heteroatoms. The number of halogens is 2. The minimum atomic E-state index is -1.17. The van der Waals surface area contributed by atoms with Crippen LogP contribution in [-0.2, 0) is 0 Å². The molecule has 0 N–H and O–H groups in total. The van der Waals surface area contributed by atoms with Crippen molar-refractivity contribution in [3.05, 3.63) is 0 Å². The van der Waals surface area contributed by atoms with Gasteiger partial charge in [-0.1, -0.05) is 13.3 Å². The van der Waals surface area contributed by atoms with Crippen molar-refractivity contribution in [2.24, 2.45) is 5.92 Å². The van der Waals surface area contributed by atoms with E-state index in [4.69, 9.17) is 0 Å². The smallest absolute Gasteiger partial charge is 0.131 e. The predicted molar refractivity (Wildman–Crippen MR) is 32.8 cm³/mol. The second-order valence-corrected chi connectivity index (χ2v) is 2.78. The van der Waals surface area contributed by atoms with Crippen LogP contribution in [0, 0.1) is 5.92 Å². The highest BCUT2D eigenvalue weighted by Gasteiger charge is 2.32. The Hall–Kier alpha value is -0.140. The largest absolute Gasteiger partial charge is 0.244 e. The Bertz CT molecular complexity index is 82.9. The Morgan fingerprint density at radius 1 is 1.22 bits per heavy atom. The molecule has 9 heavy (non-hydrogen) atoms. The predicted octanol–water partition coefficient (Wildman–Crippen LogP) is 2.48. The normalized spacial score (nSPS) is 43.7. The quantitative estimate of drug-likeness (QED) is 0.516. The maximum Gasteiger partial charge on any atom is 0.131 e.